The molecule has 18 heteroatoms. The molecule has 1 unspecified atom stereocenters. The standard InChI is InChI=1S/C25H17NO7S.C24H13NO7.CH4S/c1-34-21-11-22(29)26(24(21)30)12-2-5-15(18(8-12)25(31)32)23-16-6-3-13(27)9-19(16)33-20-10-14(28)4-7-17(20)23;26-13-2-5-16-19(10-13)32-20-11-14(27)3-6-17(20)23(16)15-4-1-12(9-18(15)24(30)31)25-21(28)7-8-22(25)29;1-2/h2-10,21,27H,11H2,1H3,(H,31,32);1-11,26H,(H,30,31);2H,1H3. The Morgan fingerprint density at radius 3 is 1.41 bits per heavy atom. The first kappa shape index (κ1) is 46.1. The highest BCUT2D eigenvalue weighted by Crippen LogP contribution is 2.45. The molecule has 4 aromatic rings. The van der Waals surface area contributed by atoms with Crippen LogP contribution in [0.15, 0.2) is 140 Å². The molecular formula is C50H34N2O14S2. The van der Waals surface area contributed by atoms with Crippen molar-refractivity contribution in [1.29, 1.82) is 0 Å². The van der Waals surface area contributed by atoms with Gasteiger partial charge >= 0.3 is 11.9 Å². The van der Waals surface area contributed by atoms with Gasteiger partial charge in [0, 0.05) is 75.9 Å². The van der Waals surface area contributed by atoms with Gasteiger partial charge in [0.25, 0.3) is 11.8 Å². The number of carbonyl (C=O) groups is 6. The fraction of sp³-hybridized carbons (Fsp3) is 0.0800. The van der Waals surface area contributed by atoms with Crippen LogP contribution in [0.2, 0.25) is 0 Å². The van der Waals surface area contributed by atoms with E-state index in [9.17, 15) is 58.8 Å². The van der Waals surface area contributed by atoms with Gasteiger partial charge in [-0.1, -0.05) is 12.1 Å². The van der Waals surface area contributed by atoms with Crippen LogP contribution in [0.4, 0.5) is 11.4 Å². The molecular weight excluding hydrogens is 917 g/mol. The summed E-state index contributed by atoms with van der Waals surface area (Å²) in [5.41, 5.74) is 2.54. The van der Waals surface area contributed by atoms with Crippen LogP contribution in [0.5, 0.6) is 11.5 Å². The van der Waals surface area contributed by atoms with Crippen LogP contribution in [0, 0.1) is 0 Å². The number of thiol groups is 1. The van der Waals surface area contributed by atoms with Gasteiger partial charge in [0.15, 0.2) is 10.9 Å². The van der Waals surface area contributed by atoms with Gasteiger partial charge in [-0.05, 0) is 96.4 Å². The van der Waals surface area contributed by atoms with E-state index in [-0.39, 0.29) is 85.8 Å². The summed E-state index contributed by atoms with van der Waals surface area (Å²) in [6, 6.07) is 25.8. The third-order valence-electron chi connectivity index (χ3n) is 11.1. The number of hydrogen-bond acceptors (Lipinski definition) is 14. The summed E-state index contributed by atoms with van der Waals surface area (Å²) >= 11 is 4.80. The highest BCUT2D eigenvalue weighted by molar-refractivity contribution is 8.00. The fourth-order valence-electron chi connectivity index (χ4n) is 8.15. The number of thioether (sulfide) groups is 1. The van der Waals surface area contributed by atoms with E-state index >= 15 is 0 Å². The van der Waals surface area contributed by atoms with Crippen molar-refractivity contribution in [2.45, 2.75) is 11.7 Å². The maximum atomic E-state index is 12.7. The SMILES string of the molecule is CS.CSC1CC(=O)N(c2ccc(-c3c4ccc(=O)cc-4oc4cc(O)ccc34)c(C(=O)O)c2)C1=O.O=C(O)c1cc(N2C(=O)C=CC2=O)ccc1-c1c2ccc(=O)cc-2oc2cc(O)ccc12. The lowest BCUT2D eigenvalue weighted by Gasteiger charge is -2.19. The predicted molar refractivity (Wildman–Crippen MR) is 257 cm³/mol. The Hall–Kier alpha value is -8.48. The van der Waals surface area contributed by atoms with Gasteiger partial charge in [-0.3, -0.25) is 28.8 Å². The summed E-state index contributed by atoms with van der Waals surface area (Å²) in [4.78, 5) is 99.5. The molecule has 10 rings (SSSR count). The Labute approximate surface area is 393 Å². The molecule has 1 saturated heterocycles. The van der Waals surface area contributed by atoms with Crippen molar-refractivity contribution in [2.24, 2.45) is 0 Å². The van der Waals surface area contributed by atoms with Crippen molar-refractivity contribution in [1.82, 2.24) is 0 Å². The van der Waals surface area contributed by atoms with Crippen molar-refractivity contribution in [3.63, 3.8) is 0 Å². The lowest BCUT2D eigenvalue weighted by molar-refractivity contribution is -0.122. The van der Waals surface area contributed by atoms with Gasteiger partial charge in [-0.15, -0.1) is 0 Å². The molecule has 16 nitrogen and oxygen atoms in total. The van der Waals surface area contributed by atoms with E-state index < -0.39 is 29.0 Å². The first-order chi connectivity index (χ1) is 32.6. The Kier molecular flexibility index (Phi) is 12.5. The normalized spacial score (nSPS) is 14.4. The second-order valence-electron chi connectivity index (χ2n) is 15.0. The van der Waals surface area contributed by atoms with Gasteiger partial charge in [0.05, 0.1) is 27.8 Å². The van der Waals surface area contributed by atoms with Crippen molar-refractivity contribution < 1.29 is 58.0 Å². The number of phenolic OH excluding ortho intramolecular Hbond substituents is 2. The van der Waals surface area contributed by atoms with Crippen LogP contribution in [-0.2, 0) is 19.2 Å². The molecule has 4 aliphatic heterocycles. The molecule has 0 saturated carbocycles. The quantitative estimate of drug-likeness (QED) is 0.0578. The summed E-state index contributed by atoms with van der Waals surface area (Å²) < 4.78 is 11.6. The number of carboxylic acid groups (broad SMARTS) is 2. The zero-order valence-electron chi connectivity index (χ0n) is 35.5. The van der Waals surface area contributed by atoms with Gasteiger partial charge in [0.2, 0.25) is 11.8 Å². The first-order valence-corrected chi connectivity index (χ1v) is 22.3. The molecule has 0 aromatic heterocycles. The lowest BCUT2D eigenvalue weighted by atomic mass is 9.90. The Bertz CT molecular complexity index is 3520. The fourth-order valence-corrected chi connectivity index (χ4v) is 8.76. The number of aromatic hydroxyl groups is 2. The summed E-state index contributed by atoms with van der Waals surface area (Å²) in [6.45, 7) is 0. The van der Waals surface area contributed by atoms with E-state index in [4.69, 9.17) is 8.83 Å². The van der Waals surface area contributed by atoms with Gasteiger partial charge in [-0.2, -0.15) is 24.4 Å². The van der Waals surface area contributed by atoms with E-state index in [1.807, 2.05) is 0 Å². The monoisotopic (exact) mass is 950 g/mol. The number of anilines is 2. The van der Waals surface area contributed by atoms with Crippen LogP contribution in [-0.4, -0.2) is 73.8 Å². The molecule has 340 valence electrons. The molecule has 4 N–H and O–H groups in total. The topological polar surface area (TPSA) is 250 Å². The van der Waals surface area contributed by atoms with Crippen LogP contribution in [0.3, 0.4) is 0 Å². The number of phenols is 2. The van der Waals surface area contributed by atoms with Gasteiger partial charge in [-0.25, -0.2) is 19.4 Å². The minimum Gasteiger partial charge on any atom is -0.508 e. The summed E-state index contributed by atoms with van der Waals surface area (Å²) in [7, 11) is 0. The Morgan fingerprint density at radius 2 is 1.00 bits per heavy atom. The van der Waals surface area contributed by atoms with Crippen LogP contribution in [0.1, 0.15) is 27.1 Å². The van der Waals surface area contributed by atoms with E-state index in [1.165, 1.54) is 96.7 Å². The molecule has 2 aliphatic carbocycles. The Balaban J connectivity index is 0.000000178. The second kappa shape index (κ2) is 18.4. The molecule has 0 radical (unpaired) electrons. The average molecular weight is 951 g/mol. The highest BCUT2D eigenvalue weighted by atomic mass is 32.2. The number of hydrogen-bond donors (Lipinski definition) is 5. The number of carbonyl (C=O) groups excluding carboxylic acids is 4. The van der Waals surface area contributed by atoms with E-state index in [2.05, 4.69) is 12.6 Å². The maximum absolute atomic E-state index is 12.7. The van der Waals surface area contributed by atoms with Crippen LogP contribution < -0.4 is 20.7 Å². The minimum atomic E-state index is -1.27. The van der Waals surface area contributed by atoms with Crippen molar-refractivity contribution >= 4 is 93.3 Å². The molecule has 4 amide bonds. The number of carboxylic acids is 2. The van der Waals surface area contributed by atoms with Gasteiger partial charge in [0.1, 0.15) is 34.2 Å². The van der Waals surface area contributed by atoms with Crippen LogP contribution in [0.25, 0.3) is 66.8 Å². The molecule has 6 aliphatic rings. The molecule has 0 spiro atoms. The summed E-state index contributed by atoms with van der Waals surface area (Å²) in [6.07, 6.45) is 5.72. The van der Waals surface area contributed by atoms with Crippen molar-refractivity contribution in [3.05, 3.63) is 153 Å². The summed E-state index contributed by atoms with van der Waals surface area (Å²) in [5.74, 6) is -4.07. The number of fused-ring (bicyclic) bond motifs is 4. The summed E-state index contributed by atoms with van der Waals surface area (Å²) in [5, 5.41) is 40.3. The third kappa shape index (κ3) is 8.33. The third-order valence-corrected chi connectivity index (χ3v) is 12.0. The molecule has 1 fully saturated rings. The van der Waals surface area contributed by atoms with Gasteiger partial charge < -0.3 is 29.3 Å². The van der Waals surface area contributed by atoms with E-state index in [1.54, 1.807) is 36.8 Å². The molecule has 1 atom stereocenters. The minimum absolute atomic E-state index is 0.0527. The molecule has 68 heavy (non-hydrogen) atoms. The Morgan fingerprint density at radius 1 is 0.574 bits per heavy atom. The zero-order valence-corrected chi connectivity index (χ0v) is 37.2. The van der Waals surface area contributed by atoms with E-state index in [0.717, 1.165) is 22.0 Å². The number of nitrogens with zero attached hydrogens (tertiary/aromatic N) is 2. The second-order valence-corrected chi connectivity index (χ2v) is 16.1. The smallest absolute Gasteiger partial charge is 0.336 e. The largest absolute Gasteiger partial charge is 0.508 e. The van der Waals surface area contributed by atoms with Crippen LogP contribution >= 0.6 is 24.4 Å². The average Bonchev–Trinajstić information content (AvgIpc) is 3.81. The number of rotatable bonds is 7. The molecule has 0 bridgehead atoms. The number of imide groups is 2. The highest BCUT2D eigenvalue weighted by Gasteiger charge is 2.39. The number of amides is 4. The number of aromatic carboxylic acids is 2. The maximum Gasteiger partial charge on any atom is 0.336 e. The van der Waals surface area contributed by atoms with Crippen molar-refractivity contribution in [3.8, 4) is 56.4 Å². The number of benzene rings is 6. The lowest BCUT2D eigenvalue weighted by Crippen LogP contribution is -2.31. The van der Waals surface area contributed by atoms with Crippen molar-refractivity contribution in [2.75, 3.05) is 22.3 Å². The van der Waals surface area contributed by atoms with E-state index in [0.29, 0.717) is 44.2 Å². The molecule has 4 aromatic carbocycles. The zero-order chi connectivity index (χ0) is 48.7. The first-order valence-electron chi connectivity index (χ1n) is 20.2. The molecule has 4 heterocycles. The predicted octanol–water partition coefficient (Wildman–Crippen LogP) is 7.91.